The number of ether oxygens (including phenoxy) is 3. The molecule has 0 saturated carbocycles. The summed E-state index contributed by atoms with van der Waals surface area (Å²) < 4.78 is 45.8. The van der Waals surface area contributed by atoms with E-state index in [0.29, 0.717) is 36.5 Å². The van der Waals surface area contributed by atoms with E-state index in [1.165, 1.54) is 6.07 Å². The Hall–Kier alpha value is -2.14. The molecule has 5 heteroatoms. The summed E-state index contributed by atoms with van der Waals surface area (Å²) in [5.74, 6) is -0.769. The van der Waals surface area contributed by atoms with E-state index in [1.807, 2.05) is 6.92 Å². The highest BCUT2D eigenvalue weighted by Gasteiger charge is 2.21. The lowest BCUT2D eigenvalue weighted by Gasteiger charge is -2.28. The van der Waals surface area contributed by atoms with Crippen molar-refractivity contribution in [3.8, 4) is 22.6 Å². The minimum Gasteiger partial charge on any atom is -0.493 e. The number of halogens is 2. The van der Waals surface area contributed by atoms with Gasteiger partial charge in [0.15, 0.2) is 11.6 Å². The molecule has 2 atom stereocenters. The molecule has 0 amide bonds. The predicted molar refractivity (Wildman–Crippen MR) is 110 cm³/mol. The molecule has 1 aliphatic heterocycles. The van der Waals surface area contributed by atoms with Crippen molar-refractivity contribution < 1.29 is 23.0 Å². The number of hydrogen-bond donors (Lipinski definition) is 0. The van der Waals surface area contributed by atoms with Gasteiger partial charge in [-0.25, -0.2) is 4.39 Å². The molecule has 1 heterocycles. The summed E-state index contributed by atoms with van der Waals surface area (Å²) in [5, 5.41) is 0. The monoisotopic (exact) mass is 404 g/mol. The SMILES string of the molecule is CCCCOc1ccc(-c2ccc(OCC3CCC(CC)OC3)cc2)c(F)c1F. The van der Waals surface area contributed by atoms with Gasteiger partial charge in [0.05, 0.1) is 25.9 Å². The molecule has 2 aromatic rings. The Kier molecular flexibility index (Phi) is 7.87. The normalized spacial score (nSPS) is 19.2. The third kappa shape index (κ3) is 5.69. The molecule has 1 saturated heterocycles. The quantitative estimate of drug-likeness (QED) is 0.453. The average molecular weight is 404 g/mol. The van der Waals surface area contributed by atoms with Crippen LogP contribution in [-0.2, 0) is 4.74 Å². The second kappa shape index (κ2) is 10.6. The maximum Gasteiger partial charge on any atom is 0.201 e. The number of hydrogen-bond acceptors (Lipinski definition) is 3. The first kappa shape index (κ1) is 21.6. The van der Waals surface area contributed by atoms with Crippen LogP contribution in [0.2, 0.25) is 0 Å². The van der Waals surface area contributed by atoms with Gasteiger partial charge in [-0.3, -0.25) is 0 Å². The number of benzene rings is 2. The molecule has 0 N–H and O–H groups in total. The molecule has 0 aromatic heterocycles. The third-order valence-corrected chi connectivity index (χ3v) is 5.37. The van der Waals surface area contributed by atoms with Crippen LogP contribution in [0, 0.1) is 17.6 Å². The standard InChI is InChI=1S/C24H30F2O3/c1-3-5-14-27-22-13-12-21(23(25)24(22)26)18-7-10-20(11-8-18)29-16-17-6-9-19(4-2)28-15-17/h7-8,10-13,17,19H,3-6,9,14-16H2,1-2H3. The summed E-state index contributed by atoms with van der Waals surface area (Å²) in [4.78, 5) is 0. The highest BCUT2D eigenvalue weighted by molar-refractivity contribution is 5.66. The van der Waals surface area contributed by atoms with Crippen LogP contribution >= 0.6 is 0 Å². The highest BCUT2D eigenvalue weighted by Crippen LogP contribution is 2.31. The zero-order chi connectivity index (χ0) is 20.6. The van der Waals surface area contributed by atoms with Gasteiger partial charge in [0.25, 0.3) is 0 Å². The molecule has 2 unspecified atom stereocenters. The lowest BCUT2D eigenvalue weighted by atomic mass is 9.98. The number of unbranched alkanes of at least 4 members (excludes halogenated alkanes) is 1. The second-order valence-corrected chi connectivity index (χ2v) is 7.58. The molecule has 0 spiro atoms. The summed E-state index contributed by atoms with van der Waals surface area (Å²) >= 11 is 0. The van der Waals surface area contributed by atoms with E-state index in [1.54, 1.807) is 30.3 Å². The fourth-order valence-corrected chi connectivity index (χ4v) is 3.45. The molecule has 3 nitrogen and oxygen atoms in total. The topological polar surface area (TPSA) is 27.7 Å². The van der Waals surface area contributed by atoms with Gasteiger partial charge in [-0.1, -0.05) is 32.4 Å². The van der Waals surface area contributed by atoms with Crippen molar-refractivity contribution in [2.24, 2.45) is 5.92 Å². The van der Waals surface area contributed by atoms with Crippen LogP contribution in [0.4, 0.5) is 8.78 Å². The Labute approximate surface area is 172 Å². The van der Waals surface area contributed by atoms with Crippen LogP contribution in [0.1, 0.15) is 46.0 Å². The van der Waals surface area contributed by atoms with Gasteiger partial charge in [-0.2, -0.15) is 4.39 Å². The first-order valence-corrected chi connectivity index (χ1v) is 10.6. The van der Waals surface area contributed by atoms with Crippen LogP contribution in [0.3, 0.4) is 0 Å². The second-order valence-electron chi connectivity index (χ2n) is 7.58. The first-order chi connectivity index (χ1) is 14.1. The van der Waals surface area contributed by atoms with Crippen molar-refractivity contribution >= 4 is 0 Å². The van der Waals surface area contributed by atoms with Crippen molar-refractivity contribution in [3.63, 3.8) is 0 Å². The molecule has 0 radical (unpaired) electrons. The van der Waals surface area contributed by atoms with Gasteiger partial charge in [-0.05, 0) is 55.5 Å². The summed E-state index contributed by atoms with van der Waals surface area (Å²) in [6.45, 7) is 5.87. The van der Waals surface area contributed by atoms with Gasteiger partial charge in [0.2, 0.25) is 5.82 Å². The Balaban J connectivity index is 1.59. The van der Waals surface area contributed by atoms with Crippen molar-refractivity contribution in [1.82, 2.24) is 0 Å². The average Bonchev–Trinajstić information content (AvgIpc) is 2.76. The lowest BCUT2D eigenvalue weighted by Crippen LogP contribution is -2.28. The lowest BCUT2D eigenvalue weighted by molar-refractivity contribution is -0.0281. The van der Waals surface area contributed by atoms with Crippen molar-refractivity contribution in [2.75, 3.05) is 19.8 Å². The number of rotatable bonds is 9. The molecule has 2 aromatic carbocycles. The maximum atomic E-state index is 14.5. The highest BCUT2D eigenvalue weighted by atomic mass is 19.2. The fourth-order valence-electron chi connectivity index (χ4n) is 3.45. The van der Waals surface area contributed by atoms with Gasteiger partial charge in [0.1, 0.15) is 5.75 Å². The van der Waals surface area contributed by atoms with Crippen molar-refractivity contribution in [3.05, 3.63) is 48.0 Å². The zero-order valence-electron chi connectivity index (χ0n) is 17.3. The molecule has 158 valence electrons. The van der Waals surface area contributed by atoms with Crippen LogP contribution in [0.5, 0.6) is 11.5 Å². The Morgan fingerprint density at radius 3 is 2.41 bits per heavy atom. The third-order valence-electron chi connectivity index (χ3n) is 5.37. The summed E-state index contributed by atoms with van der Waals surface area (Å²) in [6.07, 6.45) is 5.35. The molecular formula is C24H30F2O3. The molecule has 29 heavy (non-hydrogen) atoms. The van der Waals surface area contributed by atoms with Gasteiger partial charge in [0, 0.05) is 11.5 Å². The maximum absolute atomic E-state index is 14.5. The first-order valence-electron chi connectivity index (χ1n) is 10.6. The van der Waals surface area contributed by atoms with E-state index in [2.05, 4.69) is 6.92 Å². The van der Waals surface area contributed by atoms with E-state index in [4.69, 9.17) is 14.2 Å². The van der Waals surface area contributed by atoms with E-state index < -0.39 is 11.6 Å². The molecule has 1 aliphatic rings. The minimum atomic E-state index is -0.943. The van der Waals surface area contributed by atoms with Crippen LogP contribution in [0.15, 0.2) is 36.4 Å². The molecule has 1 fully saturated rings. The van der Waals surface area contributed by atoms with Crippen molar-refractivity contribution in [1.29, 1.82) is 0 Å². The fraction of sp³-hybridized carbons (Fsp3) is 0.500. The summed E-state index contributed by atoms with van der Waals surface area (Å²) in [5.41, 5.74) is 0.809. The van der Waals surface area contributed by atoms with Gasteiger partial charge >= 0.3 is 0 Å². The van der Waals surface area contributed by atoms with E-state index in [-0.39, 0.29) is 11.3 Å². The Morgan fingerprint density at radius 2 is 1.76 bits per heavy atom. The Bertz CT molecular complexity index is 768. The molecular weight excluding hydrogens is 374 g/mol. The smallest absolute Gasteiger partial charge is 0.201 e. The van der Waals surface area contributed by atoms with E-state index in [9.17, 15) is 8.78 Å². The minimum absolute atomic E-state index is 0.0420. The molecule has 0 aliphatic carbocycles. The van der Waals surface area contributed by atoms with Gasteiger partial charge in [-0.15, -0.1) is 0 Å². The largest absolute Gasteiger partial charge is 0.493 e. The zero-order valence-corrected chi connectivity index (χ0v) is 17.3. The summed E-state index contributed by atoms with van der Waals surface area (Å²) in [6, 6.07) is 10.1. The summed E-state index contributed by atoms with van der Waals surface area (Å²) in [7, 11) is 0. The van der Waals surface area contributed by atoms with E-state index in [0.717, 1.165) is 38.7 Å². The van der Waals surface area contributed by atoms with Crippen molar-refractivity contribution in [2.45, 2.75) is 52.1 Å². The van der Waals surface area contributed by atoms with Crippen LogP contribution in [0.25, 0.3) is 11.1 Å². The Morgan fingerprint density at radius 1 is 0.966 bits per heavy atom. The van der Waals surface area contributed by atoms with Crippen LogP contribution < -0.4 is 9.47 Å². The molecule has 0 bridgehead atoms. The van der Waals surface area contributed by atoms with E-state index >= 15 is 0 Å². The van der Waals surface area contributed by atoms with Crippen LogP contribution in [-0.4, -0.2) is 25.9 Å². The predicted octanol–water partition coefficient (Wildman–Crippen LogP) is 6.39. The van der Waals surface area contributed by atoms with Gasteiger partial charge < -0.3 is 14.2 Å². The molecule has 3 rings (SSSR count).